The quantitative estimate of drug-likeness (QED) is 0.637. The lowest BCUT2D eigenvalue weighted by atomic mass is 9.86. The molecule has 2 nitrogen and oxygen atoms in total. The van der Waals surface area contributed by atoms with Crippen LogP contribution in [0.5, 0.6) is 0 Å². The molecule has 0 aromatic heterocycles. The monoisotopic (exact) mass is 168 g/mol. The minimum absolute atomic E-state index is 0.498. The molecule has 2 atom stereocenters. The van der Waals surface area contributed by atoms with Crippen LogP contribution >= 0.6 is 0 Å². The van der Waals surface area contributed by atoms with Gasteiger partial charge in [0, 0.05) is 18.1 Å². The van der Waals surface area contributed by atoms with Gasteiger partial charge < -0.3 is 5.73 Å². The first-order chi connectivity index (χ1) is 5.68. The average molecular weight is 168 g/mol. The third kappa shape index (κ3) is 1.27. The van der Waals surface area contributed by atoms with E-state index in [1.807, 2.05) is 0 Å². The average Bonchev–Trinajstić information content (AvgIpc) is 2.28. The SMILES string of the molecule is CC1CCN(C2CC(N)C2)C1C. The smallest absolute Gasteiger partial charge is 0.0128 e. The van der Waals surface area contributed by atoms with Crippen molar-refractivity contribution in [3.05, 3.63) is 0 Å². The number of rotatable bonds is 1. The Kier molecular flexibility index (Phi) is 2.13. The summed E-state index contributed by atoms with van der Waals surface area (Å²) < 4.78 is 0. The molecule has 0 aromatic rings. The van der Waals surface area contributed by atoms with Crippen molar-refractivity contribution in [2.45, 2.75) is 51.2 Å². The van der Waals surface area contributed by atoms with Crippen LogP contribution in [0.1, 0.15) is 33.1 Å². The second-order valence-electron chi connectivity index (χ2n) is 4.63. The molecule has 1 saturated carbocycles. The highest BCUT2D eigenvalue weighted by molar-refractivity contribution is 4.95. The minimum Gasteiger partial charge on any atom is -0.328 e. The first-order valence-corrected chi connectivity index (χ1v) is 5.20. The van der Waals surface area contributed by atoms with Crippen LogP contribution in [-0.2, 0) is 0 Å². The van der Waals surface area contributed by atoms with E-state index in [2.05, 4.69) is 18.7 Å². The Labute approximate surface area is 75.1 Å². The summed E-state index contributed by atoms with van der Waals surface area (Å²) in [4.78, 5) is 2.66. The number of nitrogens with two attached hydrogens (primary N) is 1. The van der Waals surface area contributed by atoms with Crippen molar-refractivity contribution in [2.24, 2.45) is 11.7 Å². The third-order valence-corrected chi connectivity index (χ3v) is 3.81. The highest BCUT2D eigenvalue weighted by atomic mass is 15.2. The lowest BCUT2D eigenvalue weighted by molar-refractivity contribution is 0.0971. The molecular weight excluding hydrogens is 148 g/mol. The molecular formula is C10H20N2. The first kappa shape index (κ1) is 8.52. The molecule has 70 valence electrons. The maximum absolute atomic E-state index is 5.79. The van der Waals surface area contributed by atoms with E-state index >= 15 is 0 Å². The Morgan fingerprint density at radius 2 is 1.92 bits per heavy atom. The van der Waals surface area contributed by atoms with Gasteiger partial charge in [0.15, 0.2) is 0 Å². The van der Waals surface area contributed by atoms with E-state index in [9.17, 15) is 0 Å². The lowest BCUT2D eigenvalue weighted by Gasteiger charge is -2.42. The van der Waals surface area contributed by atoms with Gasteiger partial charge in [0.25, 0.3) is 0 Å². The van der Waals surface area contributed by atoms with Crippen molar-refractivity contribution in [1.82, 2.24) is 4.90 Å². The van der Waals surface area contributed by atoms with Gasteiger partial charge in [0.05, 0.1) is 0 Å². The fourth-order valence-electron chi connectivity index (χ4n) is 2.54. The molecule has 1 heterocycles. The molecule has 12 heavy (non-hydrogen) atoms. The second-order valence-corrected chi connectivity index (χ2v) is 4.63. The second kappa shape index (κ2) is 3.00. The largest absolute Gasteiger partial charge is 0.328 e. The number of hydrogen-bond donors (Lipinski definition) is 1. The summed E-state index contributed by atoms with van der Waals surface area (Å²) in [6, 6.07) is 2.11. The Balaban J connectivity index is 1.89. The van der Waals surface area contributed by atoms with Crippen LogP contribution in [0.25, 0.3) is 0 Å². The van der Waals surface area contributed by atoms with Gasteiger partial charge in [-0.05, 0) is 38.6 Å². The van der Waals surface area contributed by atoms with Gasteiger partial charge in [-0.2, -0.15) is 0 Å². The third-order valence-electron chi connectivity index (χ3n) is 3.81. The van der Waals surface area contributed by atoms with Gasteiger partial charge in [-0.25, -0.2) is 0 Å². The molecule has 0 bridgehead atoms. The molecule has 1 saturated heterocycles. The highest BCUT2D eigenvalue weighted by Gasteiger charge is 2.38. The normalized spacial score (nSPS) is 49.2. The van der Waals surface area contributed by atoms with E-state index in [-0.39, 0.29) is 0 Å². The van der Waals surface area contributed by atoms with Crippen LogP contribution in [0.2, 0.25) is 0 Å². The lowest BCUT2D eigenvalue weighted by Crippen LogP contribution is -2.52. The van der Waals surface area contributed by atoms with Crippen LogP contribution in [0.15, 0.2) is 0 Å². The van der Waals surface area contributed by atoms with Gasteiger partial charge in [-0.3, -0.25) is 4.90 Å². The van der Waals surface area contributed by atoms with Crippen LogP contribution in [0.3, 0.4) is 0 Å². The van der Waals surface area contributed by atoms with E-state index in [4.69, 9.17) is 5.73 Å². The van der Waals surface area contributed by atoms with Crippen molar-refractivity contribution in [1.29, 1.82) is 0 Å². The van der Waals surface area contributed by atoms with E-state index in [1.54, 1.807) is 0 Å². The summed E-state index contributed by atoms with van der Waals surface area (Å²) in [7, 11) is 0. The predicted molar refractivity (Wildman–Crippen MR) is 50.9 cm³/mol. The van der Waals surface area contributed by atoms with E-state index in [1.165, 1.54) is 25.8 Å². The van der Waals surface area contributed by atoms with Crippen molar-refractivity contribution in [3.63, 3.8) is 0 Å². The molecule has 1 aliphatic heterocycles. The highest BCUT2D eigenvalue weighted by Crippen LogP contribution is 2.33. The summed E-state index contributed by atoms with van der Waals surface area (Å²) in [5, 5.41) is 0. The zero-order chi connectivity index (χ0) is 8.72. The number of hydrogen-bond acceptors (Lipinski definition) is 2. The Morgan fingerprint density at radius 3 is 2.33 bits per heavy atom. The summed E-state index contributed by atoms with van der Waals surface area (Å²) in [6.07, 6.45) is 3.85. The van der Waals surface area contributed by atoms with Gasteiger partial charge in [0.2, 0.25) is 0 Å². The van der Waals surface area contributed by atoms with Crippen LogP contribution < -0.4 is 5.73 Å². The van der Waals surface area contributed by atoms with Crippen molar-refractivity contribution in [3.8, 4) is 0 Å². The van der Waals surface area contributed by atoms with E-state index < -0.39 is 0 Å². The molecule has 2 N–H and O–H groups in total. The van der Waals surface area contributed by atoms with E-state index in [0.717, 1.165) is 18.0 Å². The topological polar surface area (TPSA) is 29.3 Å². The summed E-state index contributed by atoms with van der Waals surface area (Å²) in [5.74, 6) is 0.891. The molecule has 0 radical (unpaired) electrons. The standard InChI is InChI=1S/C10H20N2/c1-7-3-4-12(8(7)2)10-5-9(11)6-10/h7-10H,3-6,11H2,1-2H3. The molecule has 0 spiro atoms. The number of likely N-dealkylation sites (tertiary alicyclic amines) is 1. The zero-order valence-electron chi connectivity index (χ0n) is 8.16. The summed E-state index contributed by atoms with van der Waals surface area (Å²) >= 11 is 0. The fraction of sp³-hybridized carbons (Fsp3) is 1.00. The summed E-state index contributed by atoms with van der Waals surface area (Å²) in [6.45, 7) is 6.03. The molecule has 2 heteroatoms. The first-order valence-electron chi connectivity index (χ1n) is 5.20. The molecule has 2 fully saturated rings. The molecule has 2 rings (SSSR count). The Bertz CT molecular complexity index is 163. The maximum Gasteiger partial charge on any atom is 0.0128 e. The Morgan fingerprint density at radius 1 is 1.25 bits per heavy atom. The zero-order valence-corrected chi connectivity index (χ0v) is 8.16. The van der Waals surface area contributed by atoms with Crippen LogP contribution in [0, 0.1) is 5.92 Å². The molecule has 2 aliphatic rings. The summed E-state index contributed by atoms with van der Waals surface area (Å²) in [5.41, 5.74) is 5.79. The van der Waals surface area contributed by atoms with E-state index in [0.29, 0.717) is 6.04 Å². The Hall–Kier alpha value is -0.0800. The predicted octanol–water partition coefficient (Wildman–Crippen LogP) is 1.21. The van der Waals surface area contributed by atoms with Gasteiger partial charge in [-0.15, -0.1) is 0 Å². The van der Waals surface area contributed by atoms with Crippen molar-refractivity contribution in [2.75, 3.05) is 6.54 Å². The van der Waals surface area contributed by atoms with Crippen LogP contribution in [-0.4, -0.2) is 29.6 Å². The maximum atomic E-state index is 5.79. The van der Waals surface area contributed by atoms with Crippen molar-refractivity contribution < 1.29 is 0 Å². The molecule has 0 amide bonds. The fourth-order valence-corrected chi connectivity index (χ4v) is 2.54. The number of nitrogens with zero attached hydrogens (tertiary/aromatic N) is 1. The van der Waals surface area contributed by atoms with Gasteiger partial charge in [0.1, 0.15) is 0 Å². The van der Waals surface area contributed by atoms with Crippen LogP contribution in [0.4, 0.5) is 0 Å². The minimum atomic E-state index is 0.498. The van der Waals surface area contributed by atoms with Gasteiger partial charge in [-0.1, -0.05) is 6.92 Å². The van der Waals surface area contributed by atoms with Gasteiger partial charge >= 0.3 is 0 Å². The molecule has 0 aromatic carbocycles. The van der Waals surface area contributed by atoms with Crippen molar-refractivity contribution >= 4 is 0 Å². The molecule has 1 aliphatic carbocycles. The molecule has 2 unspecified atom stereocenters.